The van der Waals surface area contributed by atoms with Crippen LogP contribution in [-0.4, -0.2) is 56.4 Å². The van der Waals surface area contributed by atoms with Gasteiger partial charge in [-0.3, -0.25) is 14.4 Å². The van der Waals surface area contributed by atoms with Gasteiger partial charge in [0.1, 0.15) is 6.04 Å². The first-order valence-electron chi connectivity index (χ1n) is 11.8. The average Bonchev–Trinajstić information content (AvgIpc) is 3.41. The zero-order valence-corrected chi connectivity index (χ0v) is 20.9. The lowest BCUT2D eigenvalue weighted by molar-refractivity contribution is -0.140. The van der Waals surface area contributed by atoms with Gasteiger partial charge < -0.3 is 20.6 Å². The lowest BCUT2D eigenvalue weighted by atomic mass is 9.66. The number of nitrogens with one attached hydrogen (secondary N) is 2. The molecule has 9 heteroatoms. The number of nitrogens with zero attached hydrogens (tertiary/aromatic N) is 1. The van der Waals surface area contributed by atoms with E-state index in [-0.39, 0.29) is 30.9 Å². The summed E-state index contributed by atoms with van der Waals surface area (Å²) in [6, 6.07) is 15.7. The fourth-order valence-electron chi connectivity index (χ4n) is 6.11. The summed E-state index contributed by atoms with van der Waals surface area (Å²) in [5, 5.41) is 16.2. The molecule has 2 unspecified atom stereocenters. The number of carbonyl (C=O) groups is 3. The molecule has 5 atom stereocenters. The van der Waals surface area contributed by atoms with Crippen LogP contribution in [0.3, 0.4) is 0 Å². The Bertz CT molecular complexity index is 1150. The molecule has 0 aromatic heterocycles. The third-order valence-corrected chi connectivity index (χ3v) is 9.81. The Morgan fingerprint density at radius 3 is 2.51 bits per heavy atom. The number of thioether (sulfide) groups is 1. The average molecular weight is 514 g/mol. The number of benzene rings is 2. The monoisotopic (exact) mass is 513 g/mol. The van der Waals surface area contributed by atoms with E-state index >= 15 is 0 Å². The van der Waals surface area contributed by atoms with Crippen LogP contribution in [0.1, 0.15) is 25.3 Å². The van der Waals surface area contributed by atoms with Crippen molar-refractivity contribution in [2.24, 2.45) is 11.8 Å². The number of hydrogen-bond donors (Lipinski definition) is 3. The zero-order valence-electron chi connectivity index (χ0n) is 19.4. The van der Waals surface area contributed by atoms with Crippen molar-refractivity contribution < 1.29 is 19.5 Å². The van der Waals surface area contributed by atoms with E-state index in [4.69, 9.17) is 11.6 Å². The van der Waals surface area contributed by atoms with Gasteiger partial charge in [-0.15, -0.1) is 11.8 Å². The van der Waals surface area contributed by atoms with Crippen LogP contribution in [0.5, 0.6) is 0 Å². The first-order chi connectivity index (χ1) is 16.8. The maximum Gasteiger partial charge on any atom is 0.248 e. The van der Waals surface area contributed by atoms with E-state index in [2.05, 4.69) is 10.6 Å². The second kappa shape index (κ2) is 9.15. The van der Waals surface area contributed by atoms with Gasteiger partial charge in [0.25, 0.3) is 0 Å². The highest BCUT2D eigenvalue weighted by Gasteiger charge is 2.77. The Morgan fingerprint density at radius 1 is 1.11 bits per heavy atom. The molecule has 2 aromatic rings. The quantitative estimate of drug-likeness (QED) is 0.528. The minimum atomic E-state index is -0.776. The zero-order chi connectivity index (χ0) is 24.8. The van der Waals surface area contributed by atoms with Gasteiger partial charge >= 0.3 is 0 Å². The Balaban J connectivity index is 1.44. The molecule has 3 fully saturated rings. The van der Waals surface area contributed by atoms with Crippen LogP contribution in [0.15, 0.2) is 54.6 Å². The molecule has 0 aliphatic carbocycles. The molecule has 2 aromatic carbocycles. The highest BCUT2D eigenvalue weighted by atomic mass is 35.5. The summed E-state index contributed by atoms with van der Waals surface area (Å²) >= 11 is 7.58. The molecule has 35 heavy (non-hydrogen) atoms. The molecular formula is C26H28ClN3O4S. The second-order valence-corrected chi connectivity index (χ2v) is 12.0. The summed E-state index contributed by atoms with van der Waals surface area (Å²) in [4.78, 5) is 42.3. The number of halogens is 1. The third-order valence-electron chi connectivity index (χ3n) is 7.57. The van der Waals surface area contributed by atoms with Crippen LogP contribution in [0.2, 0.25) is 5.02 Å². The van der Waals surface area contributed by atoms with Crippen LogP contribution in [0, 0.1) is 11.8 Å². The van der Waals surface area contributed by atoms with Crippen LogP contribution < -0.4 is 10.6 Å². The number of anilines is 1. The largest absolute Gasteiger partial charge is 0.395 e. The van der Waals surface area contributed by atoms with Crippen molar-refractivity contribution in [1.29, 1.82) is 0 Å². The highest BCUT2D eigenvalue weighted by molar-refractivity contribution is 8.02. The molecule has 5 rings (SSSR count). The fraction of sp³-hybridized carbons (Fsp3) is 0.423. The number of likely N-dealkylation sites (tertiary alicyclic amines) is 1. The van der Waals surface area contributed by atoms with Crippen molar-refractivity contribution in [1.82, 2.24) is 10.2 Å². The van der Waals surface area contributed by atoms with Crippen molar-refractivity contribution in [2.75, 3.05) is 18.5 Å². The molecule has 184 valence electrons. The lowest BCUT2D eigenvalue weighted by Crippen LogP contribution is -2.52. The van der Waals surface area contributed by atoms with Crippen LogP contribution in [-0.2, 0) is 20.9 Å². The number of aliphatic hydroxyl groups excluding tert-OH is 1. The summed E-state index contributed by atoms with van der Waals surface area (Å²) in [6.07, 6.45) is 1.40. The van der Waals surface area contributed by atoms with E-state index in [1.165, 1.54) is 4.90 Å². The summed E-state index contributed by atoms with van der Waals surface area (Å²) < 4.78 is -1.16. The number of rotatable bonds is 7. The molecule has 3 saturated heterocycles. The van der Waals surface area contributed by atoms with E-state index in [9.17, 15) is 19.5 Å². The molecule has 3 heterocycles. The predicted octanol–water partition coefficient (Wildman–Crippen LogP) is 3.07. The Labute approximate surface area is 213 Å². The molecule has 3 amide bonds. The van der Waals surface area contributed by atoms with Crippen molar-refractivity contribution in [3.63, 3.8) is 0 Å². The van der Waals surface area contributed by atoms with Crippen LogP contribution >= 0.6 is 23.4 Å². The Morgan fingerprint density at radius 2 is 1.83 bits per heavy atom. The SMILES string of the molecule is C[C@@]12CCC3(S1)C(C(=O)Nc1ccc(Cl)cc1)N(CCO)C(=O)[C@@H]3[C@@H]2C(=O)NCc1ccccc1. The number of amides is 3. The van der Waals surface area contributed by atoms with Crippen molar-refractivity contribution in [3.05, 3.63) is 65.2 Å². The first kappa shape index (κ1) is 24.2. The van der Waals surface area contributed by atoms with Crippen molar-refractivity contribution >= 4 is 46.8 Å². The minimum Gasteiger partial charge on any atom is -0.395 e. The summed E-state index contributed by atoms with van der Waals surface area (Å²) in [6.45, 7) is 2.21. The topological polar surface area (TPSA) is 98.7 Å². The van der Waals surface area contributed by atoms with Gasteiger partial charge in [-0.1, -0.05) is 41.9 Å². The van der Waals surface area contributed by atoms with Gasteiger partial charge in [-0.2, -0.15) is 0 Å². The number of aliphatic hydroxyl groups is 1. The van der Waals surface area contributed by atoms with Gasteiger partial charge in [0.05, 0.1) is 23.2 Å². The van der Waals surface area contributed by atoms with Gasteiger partial charge in [0.15, 0.2) is 0 Å². The first-order valence-corrected chi connectivity index (χ1v) is 13.0. The molecule has 3 aliphatic rings. The summed E-state index contributed by atoms with van der Waals surface area (Å²) in [5.41, 5.74) is 1.56. The number of carbonyl (C=O) groups excluding carboxylic acids is 3. The van der Waals surface area contributed by atoms with Gasteiger partial charge in [0.2, 0.25) is 17.7 Å². The number of β-amino-alcohol motifs (C(OH)–C–C–N with tert-alkyl or cyclic N) is 1. The minimum absolute atomic E-state index is 0.0470. The van der Waals surface area contributed by atoms with Crippen molar-refractivity contribution in [3.8, 4) is 0 Å². The smallest absolute Gasteiger partial charge is 0.248 e. The van der Waals surface area contributed by atoms with Crippen molar-refractivity contribution in [2.45, 2.75) is 41.8 Å². The standard InChI is InChI=1S/C26H28ClN3O4S/c1-25-11-12-26(35-25)20(19(25)22(32)28-15-16-5-3-2-4-6-16)24(34)30(13-14-31)21(26)23(33)29-18-9-7-17(27)8-10-18/h2-10,19-21,31H,11-15H2,1H3,(H,28,32)(H,29,33)/t19-,20+,21?,25+,26?/m1/s1. The molecule has 1 spiro atoms. The molecule has 7 nitrogen and oxygen atoms in total. The summed E-state index contributed by atoms with van der Waals surface area (Å²) in [5.74, 6) is -1.86. The third kappa shape index (κ3) is 4.01. The van der Waals surface area contributed by atoms with E-state index in [1.54, 1.807) is 36.0 Å². The maximum atomic E-state index is 13.7. The van der Waals surface area contributed by atoms with E-state index in [0.717, 1.165) is 12.0 Å². The number of hydrogen-bond acceptors (Lipinski definition) is 5. The van der Waals surface area contributed by atoms with Gasteiger partial charge in [-0.25, -0.2) is 0 Å². The molecule has 3 N–H and O–H groups in total. The lowest BCUT2D eigenvalue weighted by Gasteiger charge is -2.34. The van der Waals surface area contributed by atoms with Gasteiger partial charge in [-0.05, 0) is 49.6 Å². The molecule has 0 saturated carbocycles. The van der Waals surface area contributed by atoms with Crippen LogP contribution in [0.25, 0.3) is 0 Å². The highest BCUT2D eigenvalue weighted by Crippen LogP contribution is 2.71. The molecule has 3 aliphatic heterocycles. The van der Waals surface area contributed by atoms with Gasteiger partial charge in [0, 0.05) is 28.5 Å². The molecule has 0 radical (unpaired) electrons. The number of fused-ring (bicyclic) bond motifs is 1. The van der Waals surface area contributed by atoms with E-state index in [1.807, 2.05) is 37.3 Å². The Hall–Kier alpha value is -2.55. The predicted molar refractivity (Wildman–Crippen MR) is 136 cm³/mol. The summed E-state index contributed by atoms with van der Waals surface area (Å²) in [7, 11) is 0. The Kier molecular flexibility index (Phi) is 6.32. The van der Waals surface area contributed by atoms with E-state index < -0.39 is 27.4 Å². The molecule has 2 bridgehead atoms. The second-order valence-electron chi connectivity index (χ2n) is 9.68. The molecular weight excluding hydrogens is 486 g/mol. The maximum absolute atomic E-state index is 13.7. The van der Waals surface area contributed by atoms with E-state index in [0.29, 0.717) is 23.7 Å². The van der Waals surface area contributed by atoms with Crippen LogP contribution in [0.4, 0.5) is 5.69 Å². The normalized spacial score (nSPS) is 30.9. The fourth-order valence-corrected chi connectivity index (χ4v) is 8.60.